The summed E-state index contributed by atoms with van der Waals surface area (Å²) >= 11 is 0. The zero-order valence-electron chi connectivity index (χ0n) is 12.8. The SMILES string of the molecule is CC(C)Cc1cc(C(=O)NC[C@@H]2C[C@H](F)CN2)nc(N)n1.Cl. The highest BCUT2D eigenvalue weighted by Crippen LogP contribution is 2.10. The number of nitrogen functional groups attached to an aromatic ring is 1. The van der Waals surface area contributed by atoms with Gasteiger partial charge in [0.25, 0.3) is 5.91 Å². The van der Waals surface area contributed by atoms with Crippen LogP contribution in [0.4, 0.5) is 10.3 Å². The van der Waals surface area contributed by atoms with E-state index >= 15 is 0 Å². The molecule has 1 amide bonds. The van der Waals surface area contributed by atoms with Gasteiger partial charge < -0.3 is 16.4 Å². The van der Waals surface area contributed by atoms with Gasteiger partial charge in [-0.25, -0.2) is 14.4 Å². The molecular weight excluding hydrogens is 309 g/mol. The molecule has 0 saturated carbocycles. The molecule has 1 aliphatic heterocycles. The first-order valence-electron chi connectivity index (χ1n) is 7.23. The number of anilines is 1. The molecule has 0 spiro atoms. The number of nitrogens with one attached hydrogen (secondary N) is 2. The quantitative estimate of drug-likeness (QED) is 0.751. The minimum atomic E-state index is -0.834. The third kappa shape index (κ3) is 5.38. The molecule has 0 unspecified atom stereocenters. The summed E-state index contributed by atoms with van der Waals surface area (Å²) in [5, 5.41) is 5.77. The largest absolute Gasteiger partial charge is 0.368 e. The molecule has 6 nitrogen and oxygen atoms in total. The number of carbonyl (C=O) groups is 1. The number of alkyl halides is 1. The second-order valence-electron chi connectivity index (χ2n) is 5.85. The number of amides is 1. The fourth-order valence-electron chi connectivity index (χ4n) is 2.39. The van der Waals surface area contributed by atoms with Crippen molar-refractivity contribution in [3.05, 3.63) is 17.5 Å². The predicted molar refractivity (Wildman–Crippen MR) is 85.9 cm³/mol. The zero-order chi connectivity index (χ0) is 15.4. The molecule has 0 radical (unpaired) electrons. The summed E-state index contributed by atoms with van der Waals surface area (Å²) in [6.07, 6.45) is 0.324. The molecule has 1 fully saturated rings. The van der Waals surface area contributed by atoms with Gasteiger partial charge in [0.15, 0.2) is 0 Å². The number of hydrogen-bond donors (Lipinski definition) is 3. The molecular formula is C14H23ClFN5O. The third-order valence-corrected chi connectivity index (χ3v) is 3.32. The molecule has 0 bridgehead atoms. The van der Waals surface area contributed by atoms with Crippen molar-refractivity contribution >= 4 is 24.3 Å². The lowest BCUT2D eigenvalue weighted by Crippen LogP contribution is -2.37. The van der Waals surface area contributed by atoms with Crippen LogP contribution in [-0.4, -0.2) is 41.2 Å². The maximum absolute atomic E-state index is 13.0. The molecule has 22 heavy (non-hydrogen) atoms. The molecule has 8 heteroatoms. The van der Waals surface area contributed by atoms with Gasteiger partial charge in [0.1, 0.15) is 11.9 Å². The van der Waals surface area contributed by atoms with Crippen molar-refractivity contribution in [2.75, 3.05) is 18.8 Å². The van der Waals surface area contributed by atoms with Crippen LogP contribution < -0.4 is 16.4 Å². The van der Waals surface area contributed by atoms with Crippen LogP contribution in [-0.2, 0) is 6.42 Å². The van der Waals surface area contributed by atoms with Crippen LogP contribution in [0, 0.1) is 5.92 Å². The Kier molecular flexibility index (Phi) is 6.96. The molecule has 1 aromatic rings. The van der Waals surface area contributed by atoms with Gasteiger partial charge in [-0.1, -0.05) is 13.8 Å². The van der Waals surface area contributed by atoms with Crippen molar-refractivity contribution in [2.24, 2.45) is 5.92 Å². The van der Waals surface area contributed by atoms with Gasteiger partial charge in [-0.2, -0.15) is 0 Å². The van der Waals surface area contributed by atoms with E-state index in [0.29, 0.717) is 25.4 Å². The van der Waals surface area contributed by atoms with Crippen molar-refractivity contribution < 1.29 is 9.18 Å². The van der Waals surface area contributed by atoms with E-state index in [2.05, 4.69) is 34.4 Å². The Morgan fingerprint density at radius 2 is 2.27 bits per heavy atom. The molecule has 4 N–H and O–H groups in total. The molecule has 1 saturated heterocycles. The second-order valence-corrected chi connectivity index (χ2v) is 5.85. The molecule has 2 rings (SSSR count). The van der Waals surface area contributed by atoms with Crippen molar-refractivity contribution in [1.82, 2.24) is 20.6 Å². The van der Waals surface area contributed by atoms with E-state index < -0.39 is 6.17 Å². The Morgan fingerprint density at radius 3 is 2.86 bits per heavy atom. The fourth-order valence-corrected chi connectivity index (χ4v) is 2.39. The van der Waals surface area contributed by atoms with E-state index in [4.69, 9.17) is 5.73 Å². The first kappa shape index (κ1) is 18.6. The van der Waals surface area contributed by atoms with Crippen LogP contribution in [0.3, 0.4) is 0 Å². The van der Waals surface area contributed by atoms with Crippen LogP contribution in [0.5, 0.6) is 0 Å². The van der Waals surface area contributed by atoms with Gasteiger partial charge in [-0.15, -0.1) is 12.4 Å². The Bertz CT molecular complexity index is 514. The Balaban J connectivity index is 0.00000242. The monoisotopic (exact) mass is 331 g/mol. The summed E-state index contributed by atoms with van der Waals surface area (Å²) in [5.74, 6) is 0.207. The normalized spacial score (nSPS) is 20.7. The fraction of sp³-hybridized carbons (Fsp3) is 0.643. The van der Waals surface area contributed by atoms with E-state index in [1.807, 2.05) is 0 Å². The summed E-state index contributed by atoms with van der Waals surface area (Å²) in [6.45, 7) is 4.86. The van der Waals surface area contributed by atoms with Crippen molar-refractivity contribution in [1.29, 1.82) is 0 Å². The van der Waals surface area contributed by atoms with Gasteiger partial charge in [0.05, 0.1) is 0 Å². The van der Waals surface area contributed by atoms with E-state index in [1.54, 1.807) is 6.07 Å². The molecule has 2 atom stereocenters. The smallest absolute Gasteiger partial charge is 0.270 e. The summed E-state index contributed by atoms with van der Waals surface area (Å²) in [7, 11) is 0. The zero-order valence-corrected chi connectivity index (χ0v) is 13.6. The Morgan fingerprint density at radius 1 is 1.55 bits per heavy atom. The standard InChI is InChI=1S/C14H22FN5O.ClH/c1-8(2)3-10-5-12(20-14(16)19-10)13(21)18-7-11-4-9(15)6-17-11;/h5,8-9,11,17H,3-4,6-7H2,1-2H3,(H,18,21)(H2,16,19,20);1H/t9-,11-;/m0./s1. The lowest BCUT2D eigenvalue weighted by molar-refractivity contribution is 0.0944. The van der Waals surface area contributed by atoms with Gasteiger partial charge in [-0.05, 0) is 24.8 Å². The van der Waals surface area contributed by atoms with Gasteiger partial charge in [-0.3, -0.25) is 4.79 Å². The number of nitrogens with zero attached hydrogens (tertiary/aromatic N) is 2. The van der Waals surface area contributed by atoms with E-state index in [-0.39, 0.29) is 36.0 Å². The molecule has 1 aromatic heterocycles. The van der Waals surface area contributed by atoms with Crippen molar-refractivity contribution in [3.63, 3.8) is 0 Å². The summed E-state index contributed by atoms with van der Waals surface area (Å²) < 4.78 is 13.0. The molecule has 124 valence electrons. The topological polar surface area (TPSA) is 92.9 Å². The number of rotatable bonds is 5. The first-order chi connectivity index (χ1) is 9.94. The van der Waals surface area contributed by atoms with Crippen molar-refractivity contribution in [3.8, 4) is 0 Å². The van der Waals surface area contributed by atoms with Gasteiger partial charge >= 0.3 is 0 Å². The maximum atomic E-state index is 13.0. The average Bonchev–Trinajstić information content (AvgIpc) is 2.80. The number of halogens is 2. The molecule has 2 heterocycles. The minimum absolute atomic E-state index is 0. The van der Waals surface area contributed by atoms with Gasteiger partial charge in [0, 0.05) is 24.8 Å². The highest BCUT2D eigenvalue weighted by molar-refractivity contribution is 5.92. The van der Waals surface area contributed by atoms with E-state index in [1.165, 1.54) is 0 Å². The highest BCUT2D eigenvalue weighted by atomic mass is 35.5. The lowest BCUT2D eigenvalue weighted by Gasteiger charge is -2.12. The average molecular weight is 332 g/mol. The van der Waals surface area contributed by atoms with Gasteiger partial charge in [0.2, 0.25) is 5.95 Å². The van der Waals surface area contributed by atoms with Crippen LogP contribution >= 0.6 is 12.4 Å². The van der Waals surface area contributed by atoms with Crippen LogP contribution in [0.15, 0.2) is 6.07 Å². The first-order valence-corrected chi connectivity index (χ1v) is 7.23. The highest BCUT2D eigenvalue weighted by Gasteiger charge is 2.24. The third-order valence-electron chi connectivity index (χ3n) is 3.32. The summed E-state index contributed by atoms with van der Waals surface area (Å²) in [5.41, 5.74) is 6.66. The Hall–Kier alpha value is -1.47. The van der Waals surface area contributed by atoms with Crippen molar-refractivity contribution in [2.45, 2.75) is 38.9 Å². The van der Waals surface area contributed by atoms with Crippen LogP contribution in [0.25, 0.3) is 0 Å². The molecule has 0 aliphatic carbocycles. The Labute approximate surface area is 135 Å². The summed E-state index contributed by atoms with van der Waals surface area (Å²) in [6, 6.07) is 1.63. The number of aromatic nitrogens is 2. The minimum Gasteiger partial charge on any atom is -0.368 e. The number of nitrogens with two attached hydrogens (primary N) is 1. The van der Waals surface area contributed by atoms with E-state index in [9.17, 15) is 9.18 Å². The number of hydrogen-bond acceptors (Lipinski definition) is 5. The number of carbonyl (C=O) groups excluding carboxylic acids is 1. The summed E-state index contributed by atoms with van der Waals surface area (Å²) in [4.78, 5) is 20.2. The predicted octanol–water partition coefficient (Wildman–Crippen LogP) is 1.11. The van der Waals surface area contributed by atoms with Crippen LogP contribution in [0.1, 0.15) is 36.5 Å². The van der Waals surface area contributed by atoms with E-state index in [0.717, 1.165) is 12.1 Å². The lowest BCUT2D eigenvalue weighted by atomic mass is 10.1. The second kappa shape index (κ2) is 8.24. The maximum Gasteiger partial charge on any atom is 0.270 e. The van der Waals surface area contributed by atoms with Crippen LogP contribution in [0.2, 0.25) is 0 Å². The molecule has 1 aliphatic rings. The molecule has 0 aromatic carbocycles.